The van der Waals surface area contributed by atoms with Gasteiger partial charge in [0.1, 0.15) is 0 Å². The van der Waals surface area contributed by atoms with Crippen LogP contribution in [0.25, 0.3) is 4.96 Å². The van der Waals surface area contributed by atoms with E-state index in [4.69, 9.17) is 4.98 Å². The highest BCUT2D eigenvalue weighted by Crippen LogP contribution is 2.41. The highest BCUT2D eigenvalue weighted by molar-refractivity contribution is 7.15. The molecule has 1 aliphatic heterocycles. The molecule has 1 aliphatic carbocycles. The zero-order valence-corrected chi connectivity index (χ0v) is 13.7. The zero-order valence-electron chi connectivity index (χ0n) is 12.9. The van der Waals surface area contributed by atoms with Crippen LogP contribution in [0.5, 0.6) is 0 Å². The number of rotatable bonds is 4. The molecule has 2 fully saturated rings. The molecular formula is C16H24N4S. The quantitative estimate of drug-likeness (QED) is 0.943. The van der Waals surface area contributed by atoms with Gasteiger partial charge in [0.15, 0.2) is 4.96 Å². The summed E-state index contributed by atoms with van der Waals surface area (Å²) in [7, 11) is 0. The minimum atomic E-state index is 0.308. The maximum absolute atomic E-state index is 4.76. The summed E-state index contributed by atoms with van der Waals surface area (Å²) in [6, 6.07) is 0.636. The first-order chi connectivity index (χ1) is 10.2. The molecule has 0 aromatic carbocycles. The fourth-order valence-corrected chi connectivity index (χ4v) is 4.45. The number of piperazine rings is 1. The van der Waals surface area contributed by atoms with Crippen molar-refractivity contribution in [2.24, 2.45) is 5.92 Å². The summed E-state index contributed by atoms with van der Waals surface area (Å²) in [5, 5.41) is 5.92. The number of nitrogens with one attached hydrogen (secondary N) is 1. The third-order valence-electron chi connectivity index (χ3n) is 5.25. The summed E-state index contributed by atoms with van der Waals surface area (Å²) in [6.07, 6.45) is 8.29. The molecule has 5 heteroatoms. The first kappa shape index (κ1) is 13.7. The number of hydrogen-bond donors (Lipinski definition) is 1. The van der Waals surface area contributed by atoms with E-state index in [0.29, 0.717) is 11.6 Å². The standard InChI is InChI=1S/C16H24N4S/c1-3-14-8-17-16(2,12-4-5-12)11-20(14)10-13-9-19-6-7-21-15(19)18-13/h6-7,9,12,14,17H,3-5,8,10-11H2,1-2H3. The van der Waals surface area contributed by atoms with Gasteiger partial charge in [-0.05, 0) is 32.1 Å². The normalized spacial score (nSPS) is 31.0. The van der Waals surface area contributed by atoms with Crippen molar-refractivity contribution >= 4 is 16.3 Å². The molecule has 1 saturated carbocycles. The summed E-state index contributed by atoms with van der Waals surface area (Å²) in [5.41, 5.74) is 1.52. The van der Waals surface area contributed by atoms with E-state index in [1.54, 1.807) is 11.3 Å². The average molecular weight is 304 g/mol. The lowest BCUT2D eigenvalue weighted by atomic mass is 9.90. The number of nitrogens with zero attached hydrogens (tertiary/aromatic N) is 3. The second-order valence-electron chi connectivity index (χ2n) is 6.86. The summed E-state index contributed by atoms with van der Waals surface area (Å²) in [6.45, 7) is 7.96. The van der Waals surface area contributed by atoms with Gasteiger partial charge in [0.2, 0.25) is 0 Å². The van der Waals surface area contributed by atoms with Crippen LogP contribution in [0.15, 0.2) is 17.8 Å². The molecule has 2 aromatic rings. The third-order valence-corrected chi connectivity index (χ3v) is 6.02. The molecule has 2 unspecified atom stereocenters. The number of hydrogen-bond acceptors (Lipinski definition) is 4. The van der Waals surface area contributed by atoms with E-state index < -0.39 is 0 Å². The van der Waals surface area contributed by atoms with Crippen LogP contribution < -0.4 is 5.32 Å². The Labute approximate surface area is 130 Å². The van der Waals surface area contributed by atoms with Crippen molar-refractivity contribution in [3.05, 3.63) is 23.5 Å². The Hall–Kier alpha value is -0.910. The lowest BCUT2D eigenvalue weighted by Gasteiger charge is -2.46. The molecule has 0 radical (unpaired) electrons. The predicted molar refractivity (Wildman–Crippen MR) is 86.7 cm³/mol. The van der Waals surface area contributed by atoms with Crippen molar-refractivity contribution in [3.63, 3.8) is 0 Å². The molecule has 1 saturated heterocycles. The van der Waals surface area contributed by atoms with Gasteiger partial charge in [0.05, 0.1) is 5.69 Å². The second-order valence-corrected chi connectivity index (χ2v) is 7.74. The monoisotopic (exact) mass is 304 g/mol. The molecule has 1 N–H and O–H groups in total. The lowest BCUT2D eigenvalue weighted by Crippen LogP contribution is -2.63. The van der Waals surface area contributed by atoms with E-state index in [-0.39, 0.29) is 0 Å². The Morgan fingerprint density at radius 2 is 2.33 bits per heavy atom. The molecule has 2 atom stereocenters. The van der Waals surface area contributed by atoms with E-state index in [2.05, 4.69) is 46.2 Å². The first-order valence-electron chi connectivity index (χ1n) is 8.08. The van der Waals surface area contributed by atoms with E-state index >= 15 is 0 Å². The van der Waals surface area contributed by atoms with Crippen molar-refractivity contribution in [1.29, 1.82) is 0 Å². The SMILES string of the molecule is CCC1CNC(C)(C2CC2)CN1Cc1cn2ccsc2n1. The fourth-order valence-electron chi connectivity index (χ4n) is 3.73. The number of fused-ring (bicyclic) bond motifs is 1. The molecule has 0 bridgehead atoms. The van der Waals surface area contributed by atoms with Gasteiger partial charge in [0, 0.05) is 49.0 Å². The second kappa shape index (κ2) is 5.07. The number of thiazole rings is 1. The number of aromatic nitrogens is 2. The molecule has 2 aromatic heterocycles. The van der Waals surface area contributed by atoms with Crippen LogP contribution in [-0.4, -0.2) is 39.0 Å². The molecule has 4 nitrogen and oxygen atoms in total. The van der Waals surface area contributed by atoms with Crippen molar-refractivity contribution in [1.82, 2.24) is 19.6 Å². The third kappa shape index (κ3) is 2.51. The summed E-state index contributed by atoms with van der Waals surface area (Å²) in [4.78, 5) is 8.53. The van der Waals surface area contributed by atoms with Gasteiger partial charge in [-0.2, -0.15) is 0 Å². The van der Waals surface area contributed by atoms with E-state index in [0.717, 1.165) is 30.5 Å². The van der Waals surface area contributed by atoms with Crippen molar-refractivity contribution < 1.29 is 0 Å². The predicted octanol–water partition coefficient (Wildman–Crippen LogP) is 2.75. The van der Waals surface area contributed by atoms with Gasteiger partial charge >= 0.3 is 0 Å². The fraction of sp³-hybridized carbons (Fsp3) is 0.688. The zero-order chi connectivity index (χ0) is 14.4. The van der Waals surface area contributed by atoms with Gasteiger partial charge < -0.3 is 5.32 Å². The molecule has 21 heavy (non-hydrogen) atoms. The molecule has 2 aliphatic rings. The van der Waals surface area contributed by atoms with E-state index in [1.165, 1.54) is 25.0 Å². The topological polar surface area (TPSA) is 32.6 Å². The van der Waals surface area contributed by atoms with Gasteiger partial charge in [-0.15, -0.1) is 11.3 Å². The number of imidazole rings is 1. The van der Waals surface area contributed by atoms with Gasteiger partial charge in [-0.1, -0.05) is 6.92 Å². The summed E-state index contributed by atoms with van der Waals surface area (Å²) >= 11 is 1.71. The first-order valence-corrected chi connectivity index (χ1v) is 8.96. The Morgan fingerprint density at radius 1 is 1.48 bits per heavy atom. The molecular weight excluding hydrogens is 280 g/mol. The molecule has 3 heterocycles. The highest BCUT2D eigenvalue weighted by Gasteiger charge is 2.45. The van der Waals surface area contributed by atoms with Gasteiger partial charge in [0.25, 0.3) is 0 Å². The smallest absolute Gasteiger partial charge is 0.193 e. The lowest BCUT2D eigenvalue weighted by molar-refractivity contribution is 0.0657. The average Bonchev–Trinajstić information content (AvgIpc) is 3.13. The Bertz CT molecular complexity index is 601. The van der Waals surface area contributed by atoms with Crippen LogP contribution in [0.1, 0.15) is 38.8 Å². The maximum atomic E-state index is 4.76. The van der Waals surface area contributed by atoms with Crippen LogP contribution in [0, 0.1) is 5.92 Å². The van der Waals surface area contributed by atoms with E-state index in [1.807, 2.05) is 0 Å². The van der Waals surface area contributed by atoms with Crippen molar-refractivity contribution in [2.75, 3.05) is 13.1 Å². The Morgan fingerprint density at radius 3 is 3.05 bits per heavy atom. The van der Waals surface area contributed by atoms with Crippen molar-refractivity contribution in [3.8, 4) is 0 Å². The van der Waals surface area contributed by atoms with Crippen LogP contribution in [0.4, 0.5) is 0 Å². The Balaban J connectivity index is 1.53. The van der Waals surface area contributed by atoms with Crippen LogP contribution in [0.2, 0.25) is 0 Å². The minimum Gasteiger partial charge on any atom is -0.308 e. The molecule has 0 amide bonds. The Kier molecular flexibility index (Phi) is 3.32. The molecule has 114 valence electrons. The summed E-state index contributed by atoms with van der Waals surface area (Å²) < 4.78 is 2.14. The summed E-state index contributed by atoms with van der Waals surface area (Å²) in [5.74, 6) is 0.878. The van der Waals surface area contributed by atoms with Gasteiger partial charge in [-0.3, -0.25) is 9.30 Å². The van der Waals surface area contributed by atoms with Crippen LogP contribution in [-0.2, 0) is 6.54 Å². The highest BCUT2D eigenvalue weighted by atomic mass is 32.1. The largest absolute Gasteiger partial charge is 0.308 e. The van der Waals surface area contributed by atoms with Crippen LogP contribution in [0.3, 0.4) is 0 Å². The van der Waals surface area contributed by atoms with Crippen molar-refractivity contribution in [2.45, 2.75) is 51.2 Å². The molecule has 4 rings (SSSR count). The molecule has 0 spiro atoms. The van der Waals surface area contributed by atoms with E-state index in [9.17, 15) is 0 Å². The maximum Gasteiger partial charge on any atom is 0.193 e. The minimum absolute atomic E-state index is 0.308. The van der Waals surface area contributed by atoms with Crippen LogP contribution >= 0.6 is 11.3 Å². The van der Waals surface area contributed by atoms with Gasteiger partial charge in [-0.25, -0.2) is 4.98 Å².